The molecular weight excluding hydrogens is 309 g/mol. The molecule has 0 bridgehead atoms. The number of anilines is 1. The Balaban J connectivity index is 1.80. The average Bonchev–Trinajstić information content (AvgIpc) is 2.82. The molecule has 0 fully saturated rings. The molecule has 1 heterocycles. The van der Waals surface area contributed by atoms with E-state index >= 15 is 0 Å². The van der Waals surface area contributed by atoms with Gasteiger partial charge in [-0.2, -0.15) is 0 Å². The number of ether oxygens (including phenoxy) is 1. The number of hydrogen-bond donors (Lipinski definition) is 1. The fourth-order valence-corrected chi connectivity index (χ4v) is 3.58. The number of fused-ring (bicyclic) bond motifs is 1. The number of hydrogen-bond acceptors (Lipinski definition) is 3. The number of thiophene rings is 1. The van der Waals surface area contributed by atoms with Crippen LogP contribution in [0.2, 0.25) is 5.02 Å². The number of rotatable bonds is 4. The van der Waals surface area contributed by atoms with Crippen molar-refractivity contribution in [1.82, 2.24) is 0 Å². The topological polar surface area (TPSA) is 21.3 Å². The molecule has 3 rings (SSSR count). The third-order valence-electron chi connectivity index (χ3n) is 3.21. The van der Waals surface area contributed by atoms with Crippen LogP contribution in [0.15, 0.2) is 42.5 Å². The SMILES string of the molecule is COc1ccc(NCc2sc3ccccc3c2Cl)cc1F. The van der Waals surface area contributed by atoms with Crippen LogP contribution in [0.3, 0.4) is 0 Å². The molecule has 1 aromatic heterocycles. The van der Waals surface area contributed by atoms with Gasteiger partial charge in [-0.25, -0.2) is 4.39 Å². The van der Waals surface area contributed by atoms with Crippen LogP contribution in [0.1, 0.15) is 4.88 Å². The lowest BCUT2D eigenvalue weighted by Crippen LogP contribution is -1.99. The van der Waals surface area contributed by atoms with Crippen LogP contribution in [-0.4, -0.2) is 7.11 Å². The minimum Gasteiger partial charge on any atom is -0.494 e. The molecule has 0 aliphatic carbocycles. The van der Waals surface area contributed by atoms with Crippen molar-refractivity contribution in [2.24, 2.45) is 0 Å². The van der Waals surface area contributed by atoms with Crippen molar-refractivity contribution in [2.45, 2.75) is 6.54 Å². The second-order valence-electron chi connectivity index (χ2n) is 4.54. The number of halogens is 2. The summed E-state index contributed by atoms with van der Waals surface area (Å²) < 4.78 is 19.7. The van der Waals surface area contributed by atoms with Gasteiger partial charge in [0, 0.05) is 26.7 Å². The van der Waals surface area contributed by atoms with Gasteiger partial charge >= 0.3 is 0 Å². The molecule has 1 N–H and O–H groups in total. The highest BCUT2D eigenvalue weighted by molar-refractivity contribution is 7.19. The van der Waals surface area contributed by atoms with Crippen LogP contribution in [-0.2, 0) is 6.54 Å². The average molecular weight is 322 g/mol. The first-order chi connectivity index (χ1) is 10.2. The fourth-order valence-electron chi connectivity index (χ4n) is 2.14. The summed E-state index contributed by atoms with van der Waals surface area (Å²) in [6.07, 6.45) is 0. The van der Waals surface area contributed by atoms with E-state index < -0.39 is 0 Å². The number of benzene rings is 2. The van der Waals surface area contributed by atoms with E-state index in [0.29, 0.717) is 12.2 Å². The minimum atomic E-state index is -0.384. The molecule has 0 unspecified atom stereocenters. The monoisotopic (exact) mass is 321 g/mol. The maximum atomic E-state index is 13.6. The van der Waals surface area contributed by atoms with Gasteiger partial charge in [-0.15, -0.1) is 11.3 Å². The van der Waals surface area contributed by atoms with Crippen molar-refractivity contribution in [3.63, 3.8) is 0 Å². The van der Waals surface area contributed by atoms with Crippen LogP contribution in [0.25, 0.3) is 10.1 Å². The smallest absolute Gasteiger partial charge is 0.167 e. The Labute approximate surface area is 131 Å². The summed E-state index contributed by atoms with van der Waals surface area (Å²) in [6.45, 7) is 0.559. The highest BCUT2D eigenvalue weighted by atomic mass is 35.5. The standard InChI is InChI=1S/C16H13ClFNOS/c1-20-13-7-6-10(8-12(13)18)19-9-15-16(17)11-4-2-3-5-14(11)21-15/h2-8,19H,9H2,1H3. The molecule has 2 aromatic carbocycles. The molecule has 0 aliphatic rings. The molecule has 3 aromatic rings. The summed E-state index contributed by atoms with van der Waals surface area (Å²) in [5.74, 6) is -0.148. The van der Waals surface area contributed by atoms with Gasteiger partial charge < -0.3 is 10.1 Å². The maximum absolute atomic E-state index is 13.6. The van der Waals surface area contributed by atoms with Crippen LogP contribution in [0.4, 0.5) is 10.1 Å². The highest BCUT2D eigenvalue weighted by Crippen LogP contribution is 2.35. The van der Waals surface area contributed by atoms with Crippen molar-refractivity contribution in [1.29, 1.82) is 0 Å². The van der Waals surface area contributed by atoms with Gasteiger partial charge in [0.2, 0.25) is 0 Å². The summed E-state index contributed by atoms with van der Waals surface area (Å²) in [4.78, 5) is 1.04. The molecule has 5 heteroatoms. The Bertz CT molecular complexity index is 787. The molecule has 0 radical (unpaired) electrons. The summed E-state index contributed by atoms with van der Waals surface area (Å²) >= 11 is 8.02. The van der Waals surface area contributed by atoms with Crippen molar-refractivity contribution < 1.29 is 9.13 Å². The Kier molecular flexibility index (Phi) is 3.99. The molecular formula is C16H13ClFNOS. The summed E-state index contributed by atoms with van der Waals surface area (Å²) in [7, 11) is 1.45. The third kappa shape index (κ3) is 2.82. The maximum Gasteiger partial charge on any atom is 0.167 e. The molecule has 0 atom stereocenters. The lowest BCUT2D eigenvalue weighted by molar-refractivity contribution is 0.386. The second kappa shape index (κ2) is 5.92. The second-order valence-corrected chi connectivity index (χ2v) is 6.05. The van der Waals surface area contributed by atoms with Crippen LogP contribution < -0.4 is 10.1 Å². The first kappa shape index (κ1) is 14.2. The zero-order valence-corrected chi connectivity index (χ0v) is 12.9. The van der Waals surface area contributed by atoms with Gasteiger partial charge in [-0.05, 0) is 18.2 Å². The van der Waals surface area contributed by atoms with E-state index in [0.717, 1.165) is 20.0 Å². The summed E-state index contributed by atoms with van der Waals surface area (Å²) in [5.41, 5.74) is 0.696. The largest absolute Gasteiger partial charge is 0.494 e. The van der Waals surface area contributed by atoms with Gasteiger partial charge in [0.1, 0.15) is 0 Å². The molecule has 0 saturated heterocycles. The Morgan fingerprint density at radius 2 is 2.05 bits per heavy atom. The fraction of sp³-hybridized carbons (Fsp3) is 0.125. The van der Waals surface area contributed by atoms with E-state index in [1.807, 2.05) is 24.3 Å². The van der Waals surface area contributed by atoms with E-state index in [2.05, 4.69) is 5.32 Å². The van der Waals surface area contributed by atoms with Gasteiger partial charge in [-0.3, -0.25) is 0 Å². The van der Waals surface area contributed by atoms with Crippen LogP contribution in [0.5, 0.6) is 5.75 Å². The summed E-state index contributed by atoms with van der Waals surface area (Å²) in [5, 5.41) is 5.00. The van der Waals surface area contributed by atoms with Gasteiger partial charge in [0.05, 0.1) is 18.7 Å². The molecule has 21 heavy (non-hydrogen) atoms. The minimum absolute atomic E-state index is 0.237. The van der Waals surface area contributed by atoms with Crippen molar-refractivity contribution in [3.05, 3.63) is 58.2 Å². The Morgan fingerprint density at radius 1 is 1.24 bits per heavy atom. The lowest BCUT2D eigenvalue weighted by Gasteiger charge is -2.07. The summed E-state index contributed by atoms with van der Waals surface area (Å²) in [6, 6.07) is 12.8. The van der Waals surface area contributed by atoms with Crippen molar-refractivity contribution in [3.8, 4) is 5.75 Å². The Morgan fingerprint density at radius 3 is 2.76 bits per heavy atom. The van der Waals surface area contributed by atoms with Crippen molar-refractivity contribution in [2.75, 3.05) is 12.4 Å². The van der Waals surface area contributed by atoms with Gasteiger partial charge in [0.15, 0.2) is 11.6 Å². The normalized spacial score (nSPS) is 10.8. The van der Waals surface area contributed by atoms with Crippen molar-refractivity contribution >= 4 is 38.7 Å². The molecule has 108 valence electrons. The quantitative estimate of drug-likeness (QED) is 0.702. The first-order valence-electron chi connectivity index (χ1n) is 6.42. The van der Waals surface area contributed by atoms with Crippen LogP contribution in [0, 0.1) is 5.82 Å². The van der Waals surface area contributed by atoms with E-state index in [-0.39, 0.29) is 11.6 Å². The number of methoxy groups -OCH3 is 1. The third-order valence-corrected chi connectivity index (χ3v) is 4.92. The lowest BCUT2D eigenvalue weighted by atomic mass is 10.2. The predicted octanol–water partition coefficient (Wildman–Crippen LogP) is 5.31. The molecule has 0 spiro atoms. The number of nitrogens with one attached hydrogen (secondary N) is 1. The van der Waals surface area contributed by atoms with Crippen LogP contribution >= 0.6 is 22.9 Å². The molecule has 0 amide bonds. The zero-order chi connectivity index (χ0) is 14.8. The Hall–Kier alpha value is -1.78. The highest BCUT2D eigenvalue weighted by Gasteiger charge is 2.10. The molecule has 2 nitrogen and oxygen atoms in total. The first-order valence-corrected chi connectivity index (χ1v) is 7.62. The van der Waals surface area contributed by atoms with E-state index in [1.165, 1.54) is 13.2 Å². The van der Waals surface area contributed by atoms with Gasteiger partial charge in [0.25, 0.3) is 0 Å². The van der Waals surface area contributed by atoms with Gasteiger partial charge in [-0.1, -0.05) is 29.8 Å². The molecule has 0 aliphatic heterocycles. The zero-order valence-electron chi connectivity index (χ0n) is 11.3. The van der Waals surface area contributed by atoms with E-state index in [1.54, 1.807) is 23.5 Å². The van der Waals surface area contributed by atoms with E-state index in [4.69, 9.17) is 16.3 Å². The van der Waals surface area contributed by atoms with E-state index in [9.17, 15) is 4.39 Å². The predicted molar refractivity (Wildman–Crippen MR) is 87.1 cm³/mol. The molecule has 0 saturated carbocycles.